The molecule has 0 spiro atoms. The molecule has 2 N–H and O–H groups in total. The first-order chi connectivity index (χ1) is 7.99. The van der Waals surface area contributed by atoms with Gasteiger partial charge in [-0.25, -0.2) is 4.79 Å². The van der Waals surface area contributed by atoms with Gasteiger partial charge in [0.05, 0.1) is 0 Å². The Balaban J connectivity index is 2.44. The van der Waals surface area contributed by atoms with Gasteiger partial charge in [-0.1, -0.05) is 23.8 Å². The largest absolute Gasteiger partial charge is 0.480 e. The first-order valence-electron chi connectivity index (χ1n) is 5.17. The number of rotatable bonds is 4. The van der Waals surface area contributed by atoms with Crippen molar-refractivity contribution >= 4 is 12.1 Å². The van der Waals surface area contributed by atoms with Crippen LogP contribution in [-0.2, 0) is 16.1 Å². The van der Waals surface area contributed by atoms with E-state index in [0.717, 1.165) is 16.7 Å². The summed E-state index contributed by atoms with van der Waals surface area (Å²) in [7, 11) is 0. The van der Waals surface area contributed by atoms with Gasteiger partial charge in [-0.15, -0.1) is 0 Å². The highest BCUT2D eigenvalue weighted by Gasteiger charge is 2.06. The first-order valence-corrected chi connectivity index (χ1v) is 5.17. The maximum absolute atomic E-state index is 11.1. The van der Waals surface area contributed by atoms with Crippen molar-refractivity contribution in [1.29, 1.82) is 0 Å². The van der Waals surface area contributed by atoms with Crippen molar-refractivity contribution in [3.8, 4) is 0 Å². The summed E-state index contributed by atoms with van der Waals surface area (Å²) >= 11 is 0. The lowest BCUT2D eigenvalue weighted by Gasteiger charge is -2.08. The fraction of sp³-hybridized carbons (Fsp3) is 0.333. The van der Waals surface area contributed by atoms with Crippen molar-refractivity contribution in [2.75, 3.05) is 6.54 Å². The minimum Gasteiger partial charge on any atom is -0.480 e. The van der Waals surface area contributed by atoms with E-state index < -0.39 is 18.6 Å². The molecule has 5 heteroatoms. The molecule has 0 aliphatic heterocycles. The lowest BCUT2D eigenvalue weighted by molar-refractivity contribution is -0.135. The van der Waals surface area contributed by atoms with Gasteiger partial charge < -0.3 is 15.2 Å². The van der Waals surface area contributed by atoms with Crippen molar-refractivity contribution < 1.29 is 19.4 Å². The number of carbonyl (C=O) groups is 2. The highest BCUT2D eigenvalue weighted by atomic mass is 16.5. The van der Waals surface area contributed by atoms with Gasteiger partial charge in [0.25, 0.3) is 0 Å². The number of carbonyl (C=O) groups excluding carboxylic acids is 1. The van der Waals surface area contributed by atoms with Crippen molar-refractivity contribution in [2.45, 2.75) is 20.5 Å². The summed E-state index contributed by atoms with van der Waals surface area (Å²) in [4.78, 5) is 21.3. The van der Waals surface area contributed by atoms with E-state index in [0.29, 0.717) is 0 Å². The van der Waals surface area contributed by atoms with Crippen LogP contribution in [0, 0.1) is 13.8 Å². The topological polar surface area (TPSA) is 75.6 Å². The summed E-state index contributed by atoms with van der Waals surface area (Å²) in [6.07, 6.45) is -0.729. The number of alkyl carbamates (subject to hydrolysis) is 1. The second kappa shape index (κ2) is 5.89. The third-order valence-corrected chi connectivity index (χ3v) is 2.24. The summed E-state index contributed by atoms with van der Waals surface area (Å²) in [5.41, 5.74) is 3.08. The molecule has 17 heavy (non-hydrogen) atoms. The van der Waals surface area contributed by atoms with Crippen LogP contribution >= 0.6 is 0 Å². The van der Waals surface area contributed by atoms with Gasteiger partial charge in [0.1, 0.15) is 13.2 Å². The van der Waals surface area contributed by atoms with Crippen molar-refractivity contribution in [3.63, 3.8) is 0 Å². The fourth-order valence-electron chi connectivity index (χ4n) is 1.35. The van der Waals surface area contributed by atoms with Gasteiger partial charge >= 0.3 is 12.1 Å². The monoisotopic (exact) mass is 237 g/mol. The molecule has 0 aliphatic carbocycles. The second-order valence-corrected chi connectivity index (χ2v) is 3.75. The third-order valence-electron chi connectivity index (χ3n) is 2.24. The Kier molecular flexibility index (Phi) is 4.51. The normalized spacial score (nSPS) is 9.76. The van der Waals surface area contributed by atoms with E-state index in [-0.39, 0.29) is 6.61 Å². The molecule has 0 aliphatic rings. The number of nitrogens with one attached hydrogen (secondary N) is 1. The van der Waals surface area contributed by atoms with Gasteiger partial charge in [-0.05, 0) is 25.0 Å². The van der Waals surface area contributed by atoms with E-state index in [4.69, 9.17) is 9.84 Å². The number of amides is 1. The van der Waals surface area contributed by atoms with Crippen LogP contribution in [0.4, 0.5) is 4.79 Å². The quantitative estimate of drug-likeness (QED) is 0.834. The Hall–Kier alpha value is -2.04. The van der Waals surface area contributed by atoms with Gasteiger partial charge in [-0.2, -0.15) is 0 Å². The van der Waals surface area contributed by atoms with Crippen LogP contribution in [0.5, 0.6) is 0 Å². The van der Waals surface area contributed by atoms with Crippen LogP contribution in [0.15, 0.2) is 18.2 Å². The number of hydrogen-bond acceptors (Lipinski definition) is 3. The molecule has 0 atom stereocenters. The predicted molar refractivity (Wildman–Crippen MR) is 61.7 cm³/mol. The van der Waals surface area contributed by atoms with Gasteiger partial charge in [0.2, 0.25) is 0 Å². The Labute approximate surface area is 99.4 Å². The molecule has 0 saturated heterocycles. The highest BCUT2D eigenvalue weighted by Crippen LogP contribution is 2.11. The standard InChI is InChI=1S/C12H15NO4/c1-8-3-4-10(9(2)5-8)7-17-12(16)13-6-11(14)15/h3-5H,6-7H2,1-2H3,(H,13,16)(H,14,15). The molecule has 0 saturated carbocycles. The van der Waals surface area contributed by atoms with E-state index in [9.17, 15) is 9.59 Å². The molecule has 0 unspecified atom stereocenters. The zero-order valence-electron chi connectivity index (χ0n) is 9.82. The minimum atomic E-state index is -1.10. The molecule has 0 radical (unpaired) electrons. The predicted octanol–water partition coefficient (Wildman–Crippen LogP) is 1.61. The van der Waals surface area contributed by atoms with E-state index in [1.807, 2.05) is 32.0 Å². The summed E-state index contributed by atoms with van der Waals surface area (Å²) < 4.78 is 4.89. The van der Waals surface area contributed by atoms with Crippen LogP contribution in [0.25, 0.3) is 0 Å². The number of carboxylic acids is 1. The van der Waals surface area contributed by atoms with E-state index in [1.165, 1.54) is 0 Å². The molecule has 92 valence electrons. The van der Waals surface area contributed by atoms with Crippen LogP contribution in [0.2, 0.25) is 0 Å². The second-order valence-electron chi connectivity index (χ2n) is 3.75. The maximum Gasteiger partial charge on any atom is 0.407 e. The molecule has 5 nitrogen and oxygen atoms in total. The molecule has 0 fully saturated rings. The molecule has 1 rings (SSSR count). The Morgan fingerprint density at radius 1 is 1.35 bits per heavy atom. The van der Waals surface area contributed by atoms with Crippen LogP contribution in [-0.4, -0.2) is 23.7 Å². The number of carboxylic acid groups (broad SMARTS) is 1. The molecule has 0 bridgehead atoms. The number of aliphatic carboxylic acids is 1. The molecule has 0 aromatic heterocycles. The summed E-state index contributed by atoms with van der Waals surface area (Å²) in [5, 5.41) is 10.5. The summed E-state index contributed by atoms with van der Waals surface area (Å²) in [5.74, 6) is -1.10. The summed E-state index contributed by atoms with van der Waals surface area (Å²) in [6.45, 7) is 3.61. The lowest BCUT2D eigenvalue weighted by atomic mass is 10.1. The van der Waals surface area contributed by atoms with Gasteiger partial charge in [-0.3, -0.25) is 4.79 Å². The zero-order chi connectivity index (χ0) is 12.8. The van der Waals surface area contributed by atoms with Crippen molar-refractivity contribution in [1.82, 2.24) is 5.32 Å². The SMILES string of the molecule is Cc1ccc(COC(=O)NCC(=O)O)c(C)c1. The average molecular weight is 237 g/mol. The number of benzene rings is 1. The van der Waals surface area contributed by atoms with E-state index in [1.54, 1.807) is 0 Å². The van der Waals surface area contributed by atoms with Gasteiger partial charge in [0, 0.05) is 0 Å². The Morgan fingerprint density at radius 2 is 2.06 bits per heavy atom. The zero-order valence-corrected chi connectivity index (χ0v) is 9.82. The molecule has 1 amide bonds. The summed E-state index contributed by atoms with van der Waals surface area (Å²) in [6, 6.07) is 5.81. The first kappa shape index (κ1) is 13.0. The number of ether oxygens (including phenoxy) is 1. The van der Waals surface area contributed by atoms with E-state index >= 15 is 0 Å². The van der Waals surface area contributed by atoms with Crippen LogP contribution in [0.1, 0.15) is 16.7 Å². The van der Waals surface area contributed by atoms with Crippen LogP contribution < -0.4 is 5.32 Å². The van der Waals surface area contributed by atoms with Crippen LogP contribution in [0.3, 0.4) is 0 Å². The maximum atomic E-state index is 11.1. The number of hydrogen-bond donors (Lipinski definition) is 2. The van der Waals surface area contributed by atoms with Gasteiger partial charge in [0.15, 0.2) is 0 Å². The fourth-order valence-corrected chi connectivity index (χ4v) is 1.35. The molecule has 0 heterocycles. The minimum absolute atomic E-state index is 0.136. The molecular weight excluding hydrogens is 222 g/mol. The van der Waals surface area contributed by atoms with Crippen molar-refractivity contribution in [2.24, 2.45) is 0 Å². The van der Waals surface area contributed by atoms with E-state index in [2.05, 4.69) is 5.32 Å². The number of aryl methyl sites for hydroxylation is 2. The smallest absolute Gasteiger partial charge is 0.407 e. The Morgan fingerprint density at radius 3 is 2.65 bits per heavy atom. The molecular formula is C12H15NO4. The Bertz CT molecular complexity index is 429. The molecule has 1 aromatic rings. The highest BCUT2D eigenvalue weighted by molar-refractivity contribution is 5.76. The lowest BCUT2D eigenvalue weighted by Crippen LogP contribution is -2.29. The van der Waals surface area contributed by atoms with Crippen molar-refractivity contribution in [3.05, 3.63) is 34.9 Å². The average Bonchev–Trinajstić information content (AvgIpc) is 2.25. The third kappa shape index (κ3) is 4.55. The molecule has 1 aromatic carbocycles.